The van der Waals surface area contributed by atoms with Gasteiger partial charge in [-0.15, -0.1) is 0 Å². The number of rotatable bonds is 3. The molecule has 1 aromatic heterocycles. The summed E-state index contributed by atoms with van der Waals surface area (Å²) in [6.07, 6.45) is 7.24. The van der Waals surface area contributed by atoms with Gasteiger partial charge in [-0.1, -0.05) is 30.3 Å². The molecule has 0 aliphatic rings. The minimum absolute atomic E-state index is 0. The molecule has 2 rings (SSSR count). The average molecular weight is 421 g/mol. The van der Waals surface area contributed by atoms with Gasteiger partial charge in [0.25, 0.3) is 0 Å². The molecule has 0 saturated heterocycles. The second-order valence-corrected chi connectivity index (χ2v) is 9.61. The summed E-state index contributed by atoms with van der Waals surface area (Å²) < 4.78 is 59.6. The van der Waals surface area contributed by atoms with Gasteiger partial charge in [0.15, 0.2) is 0 Å². The van der Waals surface area contributed by atoms with Crippen LogP contribution in [0.15, 0.2) is 48.9 Å². The molecular weight excluding hydrogens is 408 g/mol. The van der Waals surface area contributed by atoms with E-state index in [-0.39, 0.29) is 1.43 Å². The van der Waals surface area contributed by atoms with Crippen LogP contribution in [0.4, 0.5) is 16.9 Å². The van der Waals surface area contributed by atoms with E-state index < -0.39 is 19.5 Å². The molecule has 2 nitrogen and oxygen atoms in total. The van der Waals surface area contributed by atoms with Gasteiger partial charge in [-0.05, 0) is 18.4 Å². The van der Waals surface area contributed by atoms with Gasteiger partial charge in [0.2, 0.25) is 0 Å². The van der Waals surface area contributed by atoms with Gasteiger partial charge < -0.3 is 0 Å². The van der Waals surface area contributed by atoms with Crippen molar-refractivity contribution in [2.75, 3.05) is 0 Å². The molecule has 21 heavy (non-hydrogen) atoms. The normalized spacial score (nSPS) is 14.4. The number of hydrogen-bond donors (Lipinski definition) is 0. The third-order valence-corrected chi connectivity index (χ3v) is 2.13. The average Bonchev–Trinajstić information content (AvgIpc) is 2.35. The van der Waals surface area contributed by atoms with E-state index in [1.54, 1.807) is 12.4 Å². The van der Waals surface area contributed by atoms with Crippen LogP contribution in [0.2, 0.25) is 0 Å². The fraction of sp³-hybridized carbons (Fsp3) is 0.167. The fourth-order valence-corrected chi connectivity index (χ4v) is 1.38. The molecule has 0 aliphatic heterocycles. The zero-order valence-corrected chi connectivity index (χ0v) is 13.2. The van der Waals surface area contributed by atoms with Crippen molar-refractivity contribution in [2.24, 2.45) is 0 Å². The molecule has 9 heteroatoms. The number of nitrogens with zero attached hydrogens (tertiary/aromatic N) is 2. The number of halogens is 6. The molecule has 0 radical (unpaired) electrons. The summed E-state index contributed by atoms with van der Waals surface area (Å²) in [7, 11) is 0. The monoisotopic (exact) mass is 420 g/mol. The third kappa shape index (κ3) is 13.4. The van der Waals surface area contributed by atoms with Crippen LogP contribution in [0.3, 0.4) is 0 Å². The first-order valence-corrected chi connectivity index (χ1v) is 11.5. The Morgan fingerprint density at radius 2 is 1.43 bits per heavy atom. The molecule has 0 unspecified atom stereocenters. The molecule has 0 fully saturated rings. The van der Waals surface area contributed by atoms with Crippen molar-refractivity contribution >= 4 is 19.5 Å². The zero-order chi connectivity index (χ0) is 16.0. The SMILES string of the molecule is [F][Sb-]([F])([F])([F])([F])[F].[H+].c1ccc(CCc2cnccn2)cc1. The summed E-state index contributed by atoms with van der Waals surface area (Å²) in [5.41, 5.74) is 2.40. The van der Waals surface area contributed by atoms with E-state index in [2.05, 4.69) is 34.2 Å². The minimum Gasteiger partial charge on any atom is -0.261 e. The molecule has 0 spiro atoms. The molecule has 1 heterocycles. The summed E-state index contributed by atoms with van der Waals surface area (Å²) in [5, 5.41) is 0. The predicted molar refractivity (Wildman–Crippen MR) is 69.4 cm³/mol. The van der Waals surface area contributed by atoms with Gasteiger partial charge >= 0.3 is 37.8 Å². The Kier molecular flexibility index (Phi) is 4.93. The fourth-order valence-electron chi connectivity index (χ4n) is 1.38. The number of aromatic nitrogens is 2. The summed E-state index contributed by atoms with van der Waals surface area (Å²) in [6, 6.07) is 10.4. The van der Waals surface area contributed by atoms with Gasteiger partial charge in [0, 0.05) is 18.6 Å². The molecule has 0 N–H and O–H groups in total. The molecule has 0 amide bonds. The Morgan fingerprint density at radius 3 is 1.90 bits per heavy atom. The van der Waals surface area contributed by atoms with E-state index >= 15 is 0 Å². The first-order valence-electron chi connectivity index (χ1n) is 5.75. The molecule has 0 saturated carbocycles. The van der Waals surface area contributed by atoms with Crippen LogP contribution in [-0.2, 0) is 12.8 Å². The van der Waals surface area contributed by atoms with E-state index in [4.69, 9.17) is 0 Å². The maximum atomic E-state index is 9.93. The molecule has 0 bridgehead atoms. The van der Waals surface area contributed by atoms with Crippen molar-refractivity contribution in [3.05, 3.63) is 60.2 Å². The van der Waals surface area contributed by atoms with Crippen LogP contribution in [0.1, 0.15) is 12.7 Å². The quantitative estimate of drug-likeness (QED) is 0.539. The van der Waals surface area contributed by atoms with Crippen LogP contribution in [-0.4, -0.2) is 29.4 Å². The standard InChI is InChI=1S/C12H12N2.6FH.Sb/c1-2-4-11(5-3-1)6-7-12-10-13-8-9-14-12;;;;;;;/h1-5,8-10H,6-7H2;6*1H;/q;;;;;;;+5/p-5. The Balaban J connectivity index is 0.000000478. The van der Waals surface area contributed by atoms with E-state index in [1.165, 1.54) is 5.56 Å². The summed E-state index contributed by atoms with van der Waals surface area (Å²) >= 11 is -11.2. The molecule has 2 aromatic rings. The van der Waals surface area contributed by atoms with E-state index in [0.29, 0.717) is 0 Å². The number of benzene rings is 1. The van der Waals surface area contributed by atoms with Gasteiger partial charge in [-0.25, -0.2) is 0 Å². The van der Waals surface area contributed by atoms with Crippen LogP contribution >= 0.6 is 0 Å². The second-order valence-electron chi connectivity index (χ2n) is 4.14. The number of hydrogen-bond acceptors (Lipinski definition) is 2. The largest absolute Gasteiger partial charge is 1.00 e. The van der Waals surface area contributed by atoms with Crippen molar-refractivity contribution in [3.8, 4) is 0 Å². The van der Waals surface area contributed by atoms with Crippen molar-refractivity contribution in [1.82, 2.24) is 9.97 Å². The maximum absolute atomic E-state index is 11.2. The predicted octanol–water partition coefficient (Wildman–Crippen LogP) is 4.51. The Morgan fingerprint density at radius 1 is 0.857 bits per heavy atom. The van der Waals surface area contributed by atoms with Gasteiger partial charge in [0.1, 0.15) is 0 Å². The Hall–Kier alpha value is -1.30. The Labute approximate surface area is 121 Å². The number of aryl methyl sites for hydroxylation is 2. The van der Waals surface area contributed by atoms with Gasteiger partial charge in [-0.3, -0.25) is 9.97 Å². The maximum Gasteiger partial charge on any atom is 1.00 e. The molecule has 1 aromatic carbocycles. The Bertz CT molecular complexity index is 511. The van der Waals surface area contributed by atoms with Crippen LogP contribution in [0, 0.1) is 0 Å². The molecule has 0 aliphatic carbocycles. The van der Waals surface area contributed by atoms with Crippen molar-refractivity contribution in [2.45, 2.75) is 12.8 Å². The minimum atomic E-state index is -11.2. The van der Waals surface area contributed by atoms with E-state index in [9.17, 15) is 16.9 Å². The molecule has 118 valence electrons. The van der Waals surface area contributed by atoms with Gasteiger partial charge in [-0.2, -0.15) is 0 Å². The first-order chi connectivity index (χ1) is 9.40. The summed E-state index contributed by atoms with van der Waals surface area (Å²) in [4.78, 5) is 8.27. The van der Waals surface area contributed by atoms with Crippen LogP contribution < -0.4 is 0 Å². The first kappa shape index (κ1) is 17.7. The molecule has 0 atom stereocenters. The van der Waals surface area contributed by atoms with E-state index in [1.807, 2.05) is 12.3 Å². The second kappa shape index (κ2) is 5.83. The van der Waals surface area contributed by atoms with Crippen LogP contribution in [0.5, 0.6) is 0 Å². The van der Waals surface area contributed by atoms with Crippen molar-refractivity contribution in [3.63, 3.8) is 0 Å². The topological polar surface area (TPSA) is 25.8 Å². The van der Waals surface area contributed by atoms with Gasteiger partial charge in [0.05, 0.1) is 5.69 Å². The van der Waals surface area contributed by atoms with Crippen molar-refractivity contribution < 1.29 is 18.3 Å². The van der Waals surface area contributed by atoms with Crippen LogP contribution in [0.25, 0.3) is 0 Å². The summed E-state index contributed by atoms with van der Waals surface area (Å²) in [6.45, 7) is 0. The smallest absolute Gasteiger partial charge is 0.261 e. The molecular formula is C12H13F6N2Sb. The zero-order valence-electron chi connectivity index (χ0n) is 11.6. The van der Waals surface area contributed by atoms with E-state index in [0.717, 1.165) is 18.5 Å². The van der Waals surface area contributed by atoms with Crippen molar-refractivity contribution in [1.29, 1.82) is 0 Å². The summed E-state index contributed by atoms with van der Waals surface area (Å²) in [5.74, 6) is 0. The third-order valence-electron chi connectivity index (χ3n) is 2.13.